The fourth-order valence-electron chi connectivity index (χ4n) is 2.06. The van der Waals surface area contributed by atoms with Crippen LogP contribution in [0.15, 0.2) is 29.2 Å². The van der Waals surface area contributed by atoms with Crippen molar-refractivity contribution in [2.24, 2.45) is 0 Å². The fourth-order valence-corrected chi connectivity index (χ4v) is 3.27. The highest BCUT2D eigenvalue weighted by Gasteiger charge is 2.25. The lowest BCUT2D eigenvalue weighted by Crippen LogP contribution is -2.34. The summed E-state index contributed by atoms with van der Waals surface area (Å²) in [7, 11) is -1.78. The molecule has 1 aromatic carbocycles. The average molecular weight is 269 g/mol. The van der Waals surface area contributed by atoms with Gasteiger partial charge in [0, 0.05) is 20.2 Å². The van der Waals surface area contributed by atoms with Crippen molar-refractivity contribution in [1.29, 1.82) is 0 Å². The molecule has 1 aromatic rings. The molecule has 4 nitrogen and oxygen atoms in total. The first kappa shape index (κ1) is 13.5. The Hall–Kier alpha value is -0.910. The molecular weight excluding hydrogens is 250 g/mol. The van der Waals surface area contributed by atoms with Crippen molar-refractivity contribution in [3.63, 3.8) is 0 Å². The summed E-state index contributed by atoms with van der Waals surface area (Å²) in [6.45, 7) is 3.10. The Bertz CT molecular complexity index is 489. The van der Waals surface area contributed by atoms with Gasteiger partial charge >= 0.3 is 0 Å². The normalized spacial score (nSPS) is 20.5. The predicted octanol–water partition coefficient (Wildman–Crippen LogP) is 1.79. The zero-order valence-electron chi connectivity index (χ0n) is 10.8. The minimum absolute atomic E-state index is 0.0372. The van der Waals surface area contributed by atoms with Crippen LogP contribution in [0.1, 0.15) is 18.4 Å². The summed E-state index contributed by atoms with van der Waals surface area (Å²) in [5, 5.41) is 0. The molecule has 0 radical (unpaired) electrons. The summed E-state index contributed by atoms with van der Waals surface area (Å²) in [4.78, 5) is 0.341. The average Bonchev–Trinajstić information content (AvgIpc) is 2.82. The molecule has 100 valence electrons. The minimum atomic E-state index is -3.39. The van der Waals surface area contributed by atoms with E-state index >= 15 is 0 Å². The minimum Gasteiger partial charge on any atom is -0.377 e. The van der Waals surface area contributed by atoms with Crippen molar-refractivity contribution in [3.8, 4) is 0 Å². The van der Waals surface area contributed by atoms with Crippen LogP contribution in [0.2, 0.25) is 0 Å². The largest absolute Gasteiger partial charge is 0.377 e. The summed E-state index contributed by atoms with van der Waals surface area (Å²) in [5.41, 5.74) is 1.05. The summed E-state index contributed by atoms with van der Waals surface area (Å²) in [5.74, 6) is 0. The van der Waals surface area contributed by atoms with E-state index in [0.717, 1.165) is 25.0 Å². The van der Waals surface area contributed by atoms with Crippen molar-refractivity contribution in [3.05, 3.63) is 29.8 Å². The molecule has 0 spiro atoms. The molecule has 1 fully saturated rings. The van der Waals surface area contributed by atoms with Gasteiger partial charge in [-0.3, -0.25) is 0 Å². The zero-order valence-corrected chi connectivity index (χ0v) is 11.6. The fraction of sp³-hybridized carbons (Fsp3) is 0.538. The van der Waals surface area contributed by atoms with Crippen LogP contribution < -0.4 is 0 Å². The Morgan fingerprint density at radius 1 is 1.33 bits per heavy atom. The van der Waals surface area contributed by atoms with E-state index in [1.54, 1.807) is 19.2 Å². The van der Waals surface area contributed by atoms with Crippen LogP contribution in [0.4, 0.5) is 0 Å². The van der Waals surface area contributed by atoms with E-state index in [-0.39, 0.29) is 6.10 Å². The molecule has 1 atom stereocenters. The Labute approximate surface area is 109 Å². The second-order valence-corrected chi connectivity index (χ2v) is 6.78. The van der Waals surface area contributed by atoms with Gasteiger partial charge in [-0.1, -0.05) is 17.7 Å². The highest BCUT2D eigenvalue weighted by molar-refractivity contribution is 7.89. The Morgan fingerprint density at radius 3 is 2.56 bits per heavy atom. The van der Waals surface area contributed by atoms with Crippen molar-refractivity contribution >= 4 is 10.0 Å². The number of benzene rings is 1. The van der Waals surface area contributed by atoms with Crippen LogP contribution in [0, 0.1) is 6.92 Å². The molecule has 0 saturated carbocycles. The van der Waals surface area contributed by atoms with Crippen LogP contribution in [0.5, 0.6) is 0 Å². The van der Waals surface area contributed by atoms with E-state index in [1.165, 1.54) is 4.31 Å². The monoisotopic (exact) mass is 269 g/mol. The topological polar surface area (TPSA) is 46.6 Å². The number of rotatable bonds is 4. The van der Waals surface area contributed by atoms with E-state index in [2.05, 4.69) is 0 Å². The molecule has 18 heavy (non-hydrogen) atoms. The molecule has 1 aliphatic rings. The van der Waals surface area contributed by atoms with Gasteiger partial charge in [-0.25, -0.2) is 8.42 Å². The van der Waals surface area contributed by atoms with Gasteiger partial charge in [0.1, 0.15) is 0 Å². The molecular formula is C13H19NO3S. The number of hydrogen-bond acceptors (Lipinski definition) is 3. The van der Waals surface area contributed by atoms with Crippen LogP contribution >= 0.6 is 0 Å². The van der Waals surface area contributed by atoms with E-state index in [4.69, 9.17) is 4.74 Å². The first-order chi connectivity index (χ1) is 8.50. The summed E-state index contributed by atoms with van der Waals surface area (Å²) in [6.07, 6.45) is 1.99. The molecule has 0 aromatic heterocycles. The standard InChI is InChI=1S/C13H19NO3S/c1-11-5-7-13(8-6-11)18(15,16)14(2)10-12-4-3-9-17-12/h5-8,12H,3-4,9-10H2,1-2H3. The van der Waals surface area contributed by atoms with Crippen molar-refractivity contribution in [2.75, 3.05) is 20.2 Å². The van der Waals surface area contributed by atoms with Crippen LogP contribution in [0.3, 0.4) is 0 Å². The molecule has 1 saturated heterocycles. The second-order valence-electron chi connectivity index (χ2n) is 4.73. The Balaban J connectivity index is 2.11. The highest BCUT2D eigenvalue weighted by atomic mass is 32.2. The number of ether oxygens (including phenoxy) is 1. The van der Waals surface area contributed by atoms with E-state index in [0.29, 0.717) is 11.4 Å². The first-order valence-electron chi connectivity index (χ1n) is 6.15. The third-order valence-electron chi connectivity index (χ3n) is 3.21. The SMILES string of the molecule is Cc1ccc(S(=O)(=O)N(C)CC2CCCO2)cc1. The molecule has 0 aliphatic carbocycles. The Kier molecular flexibility index (Phi) is 4.04. The first-order valence-corrected chi connectivity index (χ1v) is 7.59. The van der Waals surface area contributed by atoms with Gasteiger partial charge in [0.2, 0.25) is 10.0 Å². The molecule has 1 heterocycles. The van der Waals surface area contributed by atoms with Crippen molar-refractivity contribution in [2.45, 2.75) is 30.8 Å². The number of nitrogens with zero attached hydrogens (tertiary/aromatic N) is 1. The third-order valence-corrected chi connectivity index (χ3v) is 5.05. The summed E-state index contributed by atoms with van der Waals surface area (Å²) < 4.78 is 31.5. The molecule has 0 amide bonds. The maximum Gasteiger partial charge on any atom is 0.242 e. The molecule has 5 heteroatoms. The van der Waals surface area contributed by atoms with E-state index in [9.17, 15) is 8.42 Å². The molecule has 0 N–H and O–H groups in total. The van der Waals surface area contributed by atoms with Crippen molar-refractivity contribution < 1.29 is 13.2 Å². The van der Waals surface area contributed by atoms with Gasteiger partial charge in [-0.05, 0) is 31.9 Å². The number of sulfonamides is 1. The van der Waals surface area contributed by atoms with Crippen LogP contribution in [-0.2, 0) is 14.8 Å². The molecule has 0 bridgehead atoms. The second kappa shape index (κ2) is 5.38. The lowest BCUT2D eigenvalue weighted by molar-refractivity contribution is 0.0979. The van der Waals surface area contributed by atoms with Crippen LogP contribution in [-0.4, -0.2) is 39.0 Å². The predicted molar refractivity (Wildman–Crippen MR) is 70.0 cm³/mol. The van der Waals surface area contributed by atoms with Crippen LogP contribution in [0.25, 0.3) is 0 Å². The van der Waals surface area contributed by atoms with Gasteiger partial charge in [-0.15, -0.1) is 0 Å². The molecule has 1 unspecified atom stereocenters. The quantitative estimate of drug-likeness (QED) is 0.837. The molecule has 2 rings (SSSR count). The maximum absolute atomic E-state index is 12.3. The van der Waals surface area contributed by atoms with E-state index < -0.39 is 10.0 Å². The lowest BCUT2D eigenvalue weighted by atomic mass is 10.2. The van der Waals surface area contributed by atoms with Gasteiger partial charge in [0.25, 0.3) is 0 Å². The van der Waals surface area contributed by atoms with Gasteiger partial charge in [0.05, 0.1) is 11.0 Å². The molecule has 1 aliphatic heterocycles. The third kappa shape index (κ3) is 2.91. The zero-order chi connectivity index (χ0) is 13.2. The number of aryl methyl sites for hydroxylation is 1. The summed E-state index contributed by atoms with van der Waals surface area (Å²) in [6, 6.07) is 6.92. The summed E-state index contributed by atoms with van der Waals surface area (Å²) >= 11 is 0. The van der Waals surface area contributed by atoms with Gasteiger partial charge < -0.3 is 4.74 Å². The highest BCUT2D eigenvalue weighted by Crippen LogP contribution is 2.18. The smallest absolute Gasteiger partial charge is 0.242 e. The lowest BCUT2D eigenvalue weighted by Gasteiger charge is -2.20. The Morgan fingerprint density at radius 2 is 2.00 bits per heavy atom. The van der Waals surface area contributed by atoms with Gasteiger partial charge in [-0.2, -0.15) is 4.31 Å². The van der Waals surface area contributed by atoms with Crippen molar-refractivity contribution in [1.82, 2.24) is 4.31 Å². The number of hydrogen-bond donors (Lipinski definition) is 0. The maximum atomic E-state index is 12.3. The van der Waals surface area contributed by atoms with E-state index in [1.807, 2.05) is 19.1 Å². The number of likely N-dealkylation sites (N-methyl/N-ethyl adjacent to an activating group) is 1. The van der Waals surface area contributed by atoms with Gasteiger partial charge in [0.15, 0.2) is 0 Å².